The Kier molecular flexibility index (Phi) is 5.25. The molecule has 2 aromatic rings. The van der Waals surface area contributed by atoms with Crippen LogP contribution in [0.1, 0.15) is 5.56 Å². The molecule has 0 aromatic heterocycles. The third-order valence-electron chi connectivity index (χ3n) is 2.89. The molecule has 0 amide bonds. The fourth-order valence-electron chi connectivity index (χ4n) is 1.86. The number of rotatable bonds is 6. The van der Waals surface area contributed by atoms with E-state index in [1.807, 2.05) is 30.3 Å². The van der Waals surface area contributed by atoms with E-state index in [4.69, 9.17) is 4.74 Å². The first-order valence-corrected chi connectivity index (χ1v) is 8.82. The lowest BCUT2D eigenvalue weighted by molar-refractivity contribution is 0.414. The Bertz CT molecular complexity index is 716. The molecule has 0 spiro atoms. The summed E-state index contributed by atoms with van der Waals surface area (Å²) in [5.74, 6) is 0.747. The van der Waals surface area contributed by atoms with Gasteiger partial charge in [0, 0.05) is 10.2 Å². The lowest BCUT2D eigenvalue weighted by Crippen LogP contribution is -2.18. The summed E-state index contributed by atoms with van der Waals surface area (Å²) < 4.78 is 32.7. The van der Waals surface area contributed by atoms with Crippen molar-refractivity contribution in [3.8, 4) is 5.75 Å². The van der Waals surface area contributed by atoms with Crippen LogP contribution in [0.4, 0.5) is 5.69 Å². The number of hydrogen-bond donors (Lipinski definition) is 1. The summed E-state index contributed by atoms with van der Waals surface area (Å²) >= 11 is 3.31. The smallest absolute Gasteiger partial charge is 0.233 e. The summed E-state index contributed by atoms with van der Waals surface area (Å²) in [6.45, 7) is 0. The van der Waals surface area contributed by atoms with Crippen LogP contribution in [0.5, 0.6) is 5.75 Å². The van der Waals surface area contributed by atoms with Crippen molar-refractivity contribution >= 4 is 31.6 Å². The average molecular weight is 370 g/mol. The van der Waals surface area contributed by atoms with Crippen molar-refractivity contribution in [2.75, 3.05) is 17.6 Å². The van der Waals surface area contributed by atoms with Crippen molar-refractivity contribution in [2.24, 2.45) is 0 Å². The van der Waals surface area contributed by atoms with Gasteiger partial charge in [0.2, 0.25) is 10.0 Å². The lowest BCUT2D eigenvalue weighted by atomic mass is 10.2. The molecule has 21 heavy (non-hydrogen) atoms. The molecule has 0 fully saturated rings. The van der Waals surface area contributed by atoms with Crippen LogP contribution in [-0.4, -0.2) is 21.3 Å². The summed E-state index contributed by atoms with van der Waals surface area (Å²) in [5, 5.41) is 0. The molecule has 1 N–H and O–H groups in total. The predicted molar refractivity (Wildman–Crippen MR) is 88.2 cm³/mol. The first kappa shape index (κ1) is 15.9. The molecular formula is C15H16BrNO3S. The van der Waals surface area contributed by atoms with Gasteiger partial charge < -0.3 is 4.74 Å². The highest BCUT2D eigenvalue weighted by molar-refractivity contribution is 9.10. The van der Waals surface area contributed by atoms with E-state index in [9.17, 15) is 8.42 Å². The van der Waals surface area contributed by atoms with Crippen molar-refractivity contribution < 1.29 is 13.2 Å². The maximum absolute atomic E-state index is 12.1. The minimum atomic E-state index is -3.38. The van der Waals surface area contributed by atoms with Gasteiger partial charge in [0.15, 0.2) is 0 Å². The van der Waals surface area contributed by atoms with Gasteiger partial charge in [0.25, 0.3) is 0 Å². The highest BCUT2D eigenvalue weighted by Gasteiger charge is 2.11. The van der Waals surface area contributed by atoms with Crippen molar-refractivity contribution in [2.45, 2.75) is 6.42 Å². The SMILES string of the molecule is COc1cccc(CCS(=O)(=O)Nc2cccc(Br)c2)c1. The highest BCUT2D eigenvalue weighted by atomic mass is 79.9. The lowest BCUT2D eigenvalue weighted by Gasteiger charge is -2.09. The molecule has 0 aliphatic heterocycles. The van der Waals surface area contributed by atoms with Crippen LogP contribution in [0.15, 0.2) is 53.0 Å². The number of nitrogens with one attached hydrogen (secondary N) is 1. The summed E-state index contributed by atoms with van der Waals surface area (Å²) in [4.78, 5) is 0. The number of ether oxygens (including phenoxy) is 1. The Labute approximate surface area is 133 Å². The van der Waals surface area contributed by atoms with E-state index in [0.29, 0.717) is 12.1 Å². The summed E-state index contributed by atoms with van der Waals surface area (Å²) in [6, 6.07) is 14.5. The molecular weight excluding hydrogens is 354 g/mol. The second-order valence-electron chi connectivity index (χ2n) is 4.53. The second kappa shape index (κ2) is 6.95. The van der Waals surface area contributed by atoms with E-state index < -0.39 is 10.0 Å². The molecule has 0 atom stereocenters. The van der Waals surface area contributed by atoms with Gasteiger partial charge in [-0.25, -0.2) is 8.42 Å². The van der Waals surface area contributed by atoms with Crippen molar-refractivity contribution in [1.82, 2.24) is 0 Å². The molecule has 0 saturated heterocycles. The molecule has 0 heterocycles. The van der Waals surface area contributed by atoms with Crippen LogP contribution < -0.4 is 9.46 Å². The first-order valence-electron chi connectivity index (χ1n) is 6.37. The molecule has 4 nitrogen and oxygen atoms in total. The Morgan fingerprint density at radius 1 is 1.14 bits per heavy atom. The third-order valence-corrected chi connectivity index (χ3v) is 4.67. The molecule has 2 rings (SSSR count). The van der Waals surface area contributed by atoms with E-state index in [-0.39, 0.29) is 5.75 Å². The third kappa shape index (κ3) is 5.06. The minimum absolute atomic E-state index is 0.0205. The van der Waals surface area contributed by atoms with Crippen molar-refractivity contribution in [3.05, 3.63) is 58.6 Å². The Morgan fingerprint density at radius 3 is 2.62 bits per heavy atom. The first-order chi connectivity index (χ1) is 9.98. The summed E-state index contributed by atoms with van der Waals surface area (Å²) in [6.07, 6.45) is 0.431. The van der Waals surface area contributed by atoms with E-state index in [2.05, 4.69) is 20.7 Å². The maximum Gasteiger partial charge on any atom is 0.233 e. The fourth-order valence-corrected chi connectivity index (χ4v) is 3.35. The quantitative estimate of drug-likeness (QED) is 0.848. The van der Waals surface area contributed by atoms with Gasteiger partial charge in [-0.3, -0.25) is 4.72 Å². The maximum atomic E-state index is 12.1. The predicted octanol–water partition coefficient (Wildman–Crippen LogP) is 3.44. The molecule has 0 aliphatic carbocycles. The summed E-state index contributed by atoms with van der Waals surface area (Å²) in [7, 11) is -1.79. The van der Waals surface area contributed by atoms with Gasteiger partial charge in [-0.1, -0.05) is 34.1 Å². The number of methoxy groups -OCH3 is 1. The fraction of sp³-hybridized carbons (Fsp3) is 0.200. The van der Waals surface area contributed by atoms with Crippen LogP contribution >= 0.6 is 15.9 Å². The summed E-state index contributed by atoms with van der Waals surface area (Å²) in [5.41, 5.74) is 1.48. The van der Waals surface area contributed by atoms with Crippen LogP contribution in [-0.2, 0) is 16.4 Å². The Balaban J connectivity index is 2.01. The monoisotopic (exact) mass is 369 g/mol. The zero-order valence-electron chi connectivity index (χ0n) is 11.5. The largest absolute Gasteiger partial charge is 0.497 e. The topological polar surface area (TPSA) is 55.4 Å². The van der Waals surface area contributed by atoms with Crippen molar-refractivity contribution in [3.63, 3.8) is 0 Å². The van der Waals surface area contributed by atoms with E-state index in [1.165, 1.54) is 0 Å². The Morgan fingerprint density at radius 2 is 1.90 bits per heavy atom. The zero-order valence-corrected chi connectivity index (χ0v) is 13.9. The van der Waals surface area contributed by atoms with Crippen LogP contribution in [0.2, 0.25) is 0 Å². The molecule has 6 heteroatoms. The molecule has 0 bridgehead atoms. The second-order valence-corrected chi connectivity index (χ2v) is 7.29. The molecule has 2 aromatic carbocycles. The van der Waals surface area contributed by atoms with Crippen LogP contribution in [0.3, 0.4) is 0 Å². The van der Waals surface area contributed by atoms with Gasteiger partial charge in [-0.05, 0) is 42.3 Å². The zero-order chi connectivity index (χ0) is 15.3. The number of sulfonamides is 1. The van der Waals surface area contributed by atoms with E-state index in [1.54, 1.807) is 25.3 Å². The molecule has 0 aliphatic rings. The standard InChI is InChI=1S/C15H16BrNO3S/c1-20-15-7-2-4-12(10-15)8-9-21(18,19)17-14-6-3-5-13(16)11-14/h2-7,10-11,17H,8-9H2,1H3. The molecule has 0 saturated carbocycles. The van der Waals surface area contributed by atoms with Gasteiger partial charge in [-0.15, -0.1) is 0 Å². The highest BCUT2D eigenvalue weighted by Crippen LogP contribution is 2.18. The van der Waals surface area contributed by atoms with Gasteiger partial charge in [0.1, 0.15) is 5.75 Å². The van der Waals surface area contributed by atoms with E-state index >= 15 is 0 Å². The number of halogens is 1. The molecule has 112 valence electrons. The molecule has 0 radical (unpaired) electrons. The number of benzene rings is 2. The van der Waals surface area contributed by atoms with Gasteiger partial charge >= 0.3 is 0 Å². The Hall–Kier alpha value is -1.53. The minimum Gasteiger partial charge on any atom is -0.497 e. The van der Waals surface area contributed by atoms with Crippen LogP contribution in [0.25, 0.3) is 0 Å². The normalized spacial score (nSPS) is 11.1. The van der Waals surface area contributed by atoms with Crippen molar-refractivity contribution in [1.29, 1.82) is 0 Å². The van der Waals surface area contributed by atoms with Gasteiger partial charge in [0.05, 0.1) is 12.9 Å². The molecule has 0 unspecified atom stereocenters. The average Bonchev–Trinajstić information content (AvgIpc) is 2.45. The van der Waals surface area contributed by atoms with E-state index in [0.717, 1.165) is 15.8 Å². The number of hydrogen-bond acceptors (Lipinski definition) is 3. The van der Waals surface area contributed by atoms with Crippen LogP contribution in [0, 0.1) is 0 Å². The number of aryl methyl sites for hydroxylation is 1. The number of anilines is 1. The van der Waals surface area contributed by atoms with Gasteiger partial charge in [-0.2, -0.15) is 0 Å².